The highest BCUT2D eigenvalue weighted by Crippen LogP contribution is 2.30. The summed E-state index contributed by atoms with van der Waals surface area (Å²) in [6.45, 7) is 2.84. The fraction of sp³-hybridized carbons (Fsp3) is 0.364. The molecule has 0 amide bonds. The van der Waals surface area contributed by atoms with Gasteiger partial charge in [0.25, 0.3) is 0 Å². The number of halogens is 1. The maximum absolute atomic E-state index is 9.38. The minimum atomic E-state index is 0.462. The van der Waals surface area contributed by atoms with Crippen molar-refractivity contribution in [3.8, 4) is 6.07 Å². The Morgan fingerprint density at radius 2 is 2.11 bits per heavy atom. The molecule has 1 aromatic heterocycles. The van der Waals surface area contributed by atoms with Gasteiger partial charge < -0.3 is 4.90 Å². The summed E-state index contributed by atoms with van der Waals surface area (Å²) in [6, 6.07) is 14.9. The van der Waals surface area contributed by atoms with Crippen molar-refractivity contribution < 1.29 is 0 Å². The third-order valence-electron chi connectivity index (χ3n) is 5.56. The van der Waals surface area contributed by atoms with Crippen LogP contribution in [0.4, 0.5) is 5.82 Å². The highest BCUT2D eigenvalue weighted by molar-refractivity contribution is 6.30. The molecule has 4 nitrogen and oxygen atoms in total. The van der Waals surface area contributed by atoms with Crippen molar-refractivity contribution in [1.29, 1.82) is 5.26 Å². The molecule has 0 unspecified atom stereocenters. The maximum Gasteiger partial charge on any atom is 0.146 e. The van der Waals surface area contributed by atoms with E-state index in [2.05, 4.69) is 39.1 Å². The number of rotatable bonds is 3. The van der Waals surface area contributed by atoms with E-state index in [0.29, 0.717) is 17.6 Å². The molecule has 2 aliphatic heterocycles. The molecule has 2 atom stereocenters. The summed E-state index contributed by atoms with van der Waals surface area (Å²) in [4.78, 5) is 9.37. The summed E-state index contributed by atoms with van der Waals surface area (Å²) in [5.41, 5.74) is 1.81. The molecule has 4 rings (SSSR count). The van der Waals surface area contributed by atoms with E-state index in [1.54, 1.807) is 6.20 Å². The molecule has 0 saturated carbocycles. The van der Waals surface area contributed by atoms with Crippen molar-refractivity contribution >= 4 is 23.5 Å². The van der Waals surface area contributed by atoms with E-state index in [1.165, 1.54) is 19.3 Å². The lowest BCUT2D eigenvalue weighted by molar-refractivity contribution is 0.0962. The van der Waals surface area contributed by atoms with E-state index in [-0.39, 0.29) is 0 Å². The molecule has 1 aromatic carbocycles. The molecule has 2 saturated heterocycles. The second kappa shape index (κ2) is 8.12. The van der Waals surface area contributed by atoms with Crippen LogP contribution in [0.25, 0.3) is 6.08 Å². The Kier molecular flexibility index (Phi) is 5.42. The van der Waals surface area contributed by atoms with Crippen LogP contribution in [0.3, 0.4) is 0 Å². The Balaban J connectivity index is 1.47. The standard InChI is InChI=1S/C22H23ClN4/c23-19-6-1-4-17(14-19)9-10-20-7-2-8-21-16-26(12-13-27(20)21)22-18(15-24)5-3-11-25-22/h1,3-6,9-11,14,20-21H,2,7-8,12-13,16H2/t20-,21+/m1/s1. The van der Waals surface area contributed by atoms with E-state index < -0.39 is 0 Å². The average molecular weight is 379 g/mol. The van der Waals surface area contributed by atoms with Crippen molar-refractivity contribution in [2.75, 3.05) is 24.5 Å². The number of nitrogens with zero attached hydrogens (tertiary/aromatic N) is 4. The fourth-order valence-corrected chi connectivity index (χ4v) is 4.46. The number of fused-ring (bicyclic) bond motifs is 1. The molecule has 2 fully saturated rings. The molecule has 0 spiro atoms. The summed E-state index contributed by atoms with van der Waals surface area (Å²) < 4.78 is 0. The number of piperazine rings is 1. The topological polar surface area (TPSA) is 43.2 Å². The van der Waals surface area contributed by atoms with Gasteiger partial charge >= 0.3 is 0 Å². The zero-order valence-corrected chi connectivity index (χ0v) is 16.0. The molecule has 2 aliphatic rings. The number of anilines is 1. The van der Waals surface area contributed by atoms with Crippen LogP contribution in [0.2, 0.25) is 5.02 Å². The Labute approximate surface area is 165 Å². The van der Waals surface area contributed by atoms with Crippen LogP contribution < -0.4 is 4.90 Å². The molecule has 0 N–H and O–H groups in total. The van der Waals surface area contributed by atoms with Gasteiger partial charge in [-0.3, -0.25) is 4.90 Å². The van der Waals surface area contributed by atoms with Gasteiger partial charge in [-0.05, 0) is 49.1 Å². The number of aromatic nitrogens is 1. The molecule has 27 heavy (non-hydrogen) atoms. The van der Waals surface area contributed by atoms with Crippen molar-refractivity contribution in [2.45, 2.75) is 31.3 Å². The van der Waals surface area contributed by atoms with Gasteiger partial charge in [-0.25, -0.2) is 4.98 Å². The number of piperidine rings is 1. The first-order valence-corrected chi connectivity index (χ1v) is 9.92. The van der Waals surface area contributed by atoms with Crippen LogP contribution in [0, 0.1) is 11.3 Å². The molecule has 0 aliphatic carbocycles. The lowest BCUT2D eigenvalue weighted by Crippen LogP contribution is -2.58. The summed E-state index contributed by atoms with van der Waals surface area (Å²) >= 11 is 6.10. The Hall–Kier alpha value is -2.35. The molecule has 5 heteroatoms. The van der Waals surface area contributed by atoms with Crippen LogP contribution in [0.5, 0.6) is 0 Å². The number of pyridine rings is 1. The summed E-state index contributed by atoms with van der Waals surface area (Å²) in [7, 11) is 0. The molecule has 2 aromatic rings. The summed E-state index contributed by atoms with van der Waals surface area (Å²) in [6.07, 6.45) is 9.92. The van der Waals surface area contributed by atoms with Gasteiger partial charge in [0.15, 0.2) is 0 Å². The molecule has 0 bridgehead atoms. The van der Waals surface area contributed by atoms with Crippen molar-refractivity contribution in [3.05, 3.63) is 64.8 Å². The normalized spacial score (nSPS) is 23.2. The number of hydrogen-bond acceptors (Lipinski definition) is 4. The van der Waals surface area contributed by atoms with Gasteiger partial charge in [0.05, 0.1) is 5.56 Å². The lowest BCUT2D eigenvalue weighted by Gasteiger charge is -2.48. The summed E-state index contributed by atoms with van der Waals surface area (Å²) in [5, 5.41) is 10.1. The minimum Gasteiger partial charge on any atom is -0.353 e. The van der Waals surface area contributed by atoms with E-state index in [4.69, 9.17) is 11.6 Å². The fourth-order valence-electron chi connectivity index (χ4n) is 4.26. The first-order valence-electron chi connectivity index (χ1n) is 9.54. The first kappa shape index (κ1) is 18.0. The first-order chi connectivity index (χ1) is 13.2. The van der Waals surface area contributed by atoms with Gasteiger partial charge in [0.2, 0.25) is 0 Å². The van der Waals surface area contributed by atoms with E-state index in [0.717, 1.165) is 36.0 Å². The monoisotopic (exact) mass is 378 g/mol. The van der Waals surface area contributed by atoms with Crippen molar-refractivity contribution in [2.24, 2.45) is 0 Å². The number of nitriles is 1. The smallest absolute Gasteiger partial charge is 0.146 e. The predicted octanol–water partition coefficient (Wildman–Crippen LogP) is 4.36. The quantitative estimate of drug-likeness (QED) is 0.795. The third-order valence-corrected chi connectivity index (χ3v) is 5.79. The zero-order valence-electron chi connectivity index (χ0n) is 15.3. The van der Waals surface area contributed by atoms with Gasteiger partial charge in [0, 0.05) is 42.9 Å². The van der Waals surface area contributed by atoms with E-state index in [9.17, 15) is 5.26 Å². The highest BCUT2D eigenvalue weighted by Gasteiger charge is 2.34. The van der Waals surface area contributed by atoms with Crippen molar-refractivity contribution in [1.82, 2.24) is 9.88 Å². The van der Waals surface area contributed by atoms with E-state index >= 15 is 0 Å². The Morgan fingerprint density at radius 3 is 2.96 bits per heavy atom. The lowest BCUT2D eigenvalue weighted by atomic mass is 9.92. The molecule has 0 radical (unpaired) electrons. The SMILES string of the molecule is N#Cc1cccnc1N1CCN2[C@@H](CCC[C@@H]2C=Cc2cccc(Cl)c2)C1. The van der Waals surface area contributed by atoms with Crippen LogP contribution in [0.1, 0.15) is 30.4 Å². The van der Waals surface area contributed by atoms with Gasteiger partial charge in [-0.1, -0.05) is 35.9 Å². The van der Waals surface area contributed by atoms with E-state index in [1.807, 2.05) is 30.3 Å². The Bertz CT molecular complexity index is 873. The molecular weight excluding hydrogens is 356 g/mol. The largest absolute Gasteiger partial charge is 0.353 e. The average Bonchev–Trinajstić information content (AvgIpc) is 2.71. The Morgan fingerprint density at radius 1 is 1.19 bits per heavy atom. The number of hydrogen-bond donors (Lipinski definition) is 0. The molecule has 3 heterocycles. The highest BCUT2D eigenvalue weighted by atomic mass is 35.5. The zero-order chi connectivity index (χ0) is 18.6. The van der Waals surface area contributed by atoms with Crippen molar-refractivity contribution in [3.63, 3.8) is 0 Å². The summed E-state index contributed by atoms with van der Waals surface area (Å²) in [5.74, 6) is 0.830. The maximum atomic E-state index is 9.38. The van der Waals surface area contributed by atoms with Crippen LogP contribution in [-0.2, 0) is 0 Å². The van der Waals surface area contributed by atoms with Crippen LogP contribution in [0.15, 0.2) is 48.7 Å². The predicted molar refractivity (Wildman–Crippen MR) is 110 cm³/mol. The third kappa shape index (κ3) is 4.00. The van der Waals surface area contributed by atoms with Gasteiger partial charge in [-0.15, -0.1) is 0 Å². The van der Waals surface area contributed by atoms with Crippen LogP contribution in [-0.4, -0.2) is 41.6 Å². The van der Waals surface area contributed by atoms with Crippen LogP contribution >= 0.6 is 11.6 Å². The molecule has 138 valence electrons. The molecular formula is C22H23ClN4. The van der Waals surface area contributed by atoms with Gasteiger partial charge in [0.1, 0.15) is 11.9 Å². The number of benzene rings is 1. The second-order valence-corrected chi connectivity index (χ2v) is 7.67. The van der Waals surface area contributed by atoms with Gasteiger partial charge in [-0.2, -0.15) is 5.26 Å². The minimum absolute atomic E-state index is 0.462. The second-order valence-electron chi connectivity index (χ2n) is 7.24.